The number of ketones is 2. The number of azo groups is 2. The Morgan fingerprint density at radius 2 is 0.891 bits per heavy atom. The molecule has 330 valence electrons. The lowest BCUT2D eigenvalue weighted by atomic mass is 10.1. The highest BCUT2D eigenvalue weighted by Gasteiger charge is 2.27. The molecule has 64 heavy (non-hydrogen) atoms. The second kappa shape index (κ2) is 22.2. The smallest absolute Gasteiger partial charge is 0.258 e. The summed E-state index contributed by atoms with van der Waals surface area (Å²) in [6.07, 6.45) is 0. The highest BCUT2D eigenvalue weighted by Crippen LogP contribution is 2.36. The summed E-state index contributed by atoms with van der Waals surface area (Å²) in [6.45, 7) is 5.83. The van der Waals surface area contributed by atoms with Gasteiger partial charge in [-0.05, 0) is 99.5 Å². The van der Waals surface area contributed by atoms with Gasteiger partial charge >= 0.3 is 0 Å². The van der Waals surface area contributed by atoms with Gasteiger partial charge in [-0.1, -0.05) is 82.8 Å². The third-order valence-electron chi connectivity index (χ3n) is 9.04. The van der Waals surface area contributed by atoms with E-state index in [4.69, 9.17) is 69.6 Å². The van der Waals surface area contributed by atoms with Crippen molar-refractivity contribution in [1.29, 1.82) is 0 Å². The van der Waals surface area contributed by atoms with E-state index in [0.717, 1.165) is 25.0 Å². The van der Waals surface area contributed by atoms with Crippen molar-refractivity contribution in [3.63, 3.8) is 0 Å². The van der Waals surface area contributed by atoms with E-state index in [-0.39, 0.29) is 64.7 Å². The van der Waals surface area contributed by atoms with Crippen molar-refractivity contribution >= 4 is 139 Å². The largest absolute Gasteiger partial charge is 0.324 e. The Hall–Kier alpha value is -5.74. The number of carbonyl (C=O) groups excluding carboxylic acids is 6. The first-order valence-corrected chi connectivity index (χ1v) is 21.3. The first-order chi connectivity index (χ1) is 30.3. The molecule has 4 atom stereocenters. The van der Waals surface area contributed by atoms with E-state index >= 15 is 0 Å². The molecule has 0 bridgehead atoms. The molecule has 0 heterocycles. The van der Waals surface area contributed by atoms with Crippen molar-refractivity contribution in [2.75, 3.05) is 21.3 Å². The minimum absolute atomic E-state index is 0.00424. The Balaban J connectivity index is 1.26. The molecule has 4 unspecified atom stereocenters. The van der Waals surface area contributed by atoms with Crippen LogP contribution < -0.4 is 21.3 Å². The summed E-state index contributed by atoms with van der Waals surface area (Å²) in [5.74, 6) is -4.40. The molecule has 5 aromatic rings. The number of rotatable bonds is 16. The lowest BCUT2D eigenvalue weighted by molar-refractivity contribution is -0.127. The standard InChI is InChI=1S/C44H36Cl6N8O6/c1-21(45)25-9-5-11-27(17-25)51-41(61)30-13-7-15-34(36(30)49)55-57-38(23(3)59)43(63)53-29-19-32(47)40(33(48)20-29)54-44(64)39(24(4)60)58-56-35-16-8-14-31(37(35)50)42(62)52-28-12-6-10-26(18-28)22(2)46/h5-22,38-39H,1-4H3,(H,51,61)(H,52,62)(H,53,63)(H,54,64). The molecule has 0 saturated carbocycles. The number of carbonyl (C=O) groups is 6. The van der Waals surface area contributed by atoms with E-state index in [1.165, 1.54) is 48.5 Å². The van der Waals surface area contributed by atoms with Gasteiger partial charge in [0.05, 0.1) is 47.7 Å². The van der Waals surface area contributed by atoms with E-state index < -0.39 is 47.3 Å². The molecular formula is C44H36Cl6N8O6. The second-order valence-electron chi connectivity index (χ2n) is 13.9. The molecule has 0 saturated heterocycles. The number of nitrogens with one attached hydrogen (secondary N) is 4. The van der Waals surface area contributed by atoms with E-state index in [9.17, 15) is 28.8 Å². The highest BCUT2D eigenvalue weighted by molar-refractivity contribution is 6.41. The Labute approximate surface area is 397 Å². The van der Waals surface area contributed by atoms with Crippen LogP contribution in [0.3, 0.4) is 0 Å². The summed E-state index contributed by atoms with van der Waals surface area (Å²) in [5.41, 5.74) is 2.52. The van der Waals surface area contributed by atoms with Gasteiger partial charge < -0.3 is 21.3 Å². The summed E-state index contributed by atoms with van der Waals surface area (Å²) >= 11 is 38.3. The lowest BCUT2D eigenvalue weighted by Gasteiger charge is -2.15. The minimum atomic E-state index is -1.71. The van der Waals surface area contributed by atoms with Crippen LogP contribution in [0.25, 0.3) is 0 Å². The summed E-state index contributed by atoms with van der Waals surface area (Å²) in [6, 6.07) is 21.8. The van der Waals surface area contributed by atoms with Crippen LogP contribution in [0.1, 0.15) is 70.3 Å². The molecule has 0 radical (unpaired) electrons. The Morgan fingerprint density at radius 3 is 1.28 bits per heavy atom. The molecule has 4 amide bonds. The Morgan fingerprint density at radius 1 is 0.500 bits per heavy atom. The van der Waals surface area contributed by atoms with Gasteiger partial charge in [-0.25, -0.2) is 0 Å². The quantitative estimate of drug-likeness (QED) is 0.0430. The zero-order valence-electron chi connectivity index (χ0n) is 34.1. The SMILES string of the molecule is CC(=O)C(N=Nc1cccc(C(=O)Nc2cccc(C(C)Cl)c2)c1Cl)C(=O)Nc1cc(Cl)c(NC(=O)C(N=Nc2cccc(C(=O)Nc3cccc(C(C)Cl)c3)c2Cl)C(C)=O)c(Cl)c1. The zero-order valence-corrected chi connectivity index (χ0v) is 38.6. The average molecular weight is 986 g/mol. The molecule has 5 rings (SSSR count). The molecule has 0 spiro atoms. The van der Waals surface area contributed by atoms with Crippen LogP contribution >= 0.6 is 69.6 Å². The van der Waals surface area contributed by atoms with Crippen molar-refractivity contribution in [1.82, 2.24) is 0 Å². The van der Waals surface area contributed by atoms with E-state index in [0.29, 0.717) is 11.4 Å². The molecule has 0 aliphatic carbocycles. The maximum absolute atomic E-state index is 13.4. The van der Waals surface area contributed by atoms with Gasteiger partial charge in [0.15, 0.2) is 11.6 Å². The zero-order chi connectivity index (χ0) is 46.8. The number of nitrogens with zero attached hydrogens (tertiary/aromatic N) is 4. The normalized spacial score (nSPS) is 13.2. The highest BCUT2D eigenvalue weighted by atomic mass is 35.5. The number of halogens is 6. The number of anilines is 4. The van der Waals surface area contributed by atoms with E-state index in [1.54, 1.807) is 50.2 Å². The fourth-order valence-electron chi connectivity index (χ4n) is 5.71. The summed E-state index contributed by atoms with van der Waals surface area (Å²) in [5, 5.41) is 25.2. The summed E-state index contributed by atoms with van der Waals surface area (Å²) in [7, 11) is 0. The van der Waals surface area contributed by atoms with Crippen molar-refractivity contribution in [3.8, 4) is 0 Å². The number of hydrogen-bond acceptors (Lipinski definition) is 10. The molecule has 4 N–H and O–H groups in total. The van der Waals surface area contributed by atoms with Crippen molar-refractivity contribution in [3.05, 3.63) is 139 Å². The van der Waals surface area contributed by atoms with E-state index in [1.807, 2.05) is 12.1 Å². The average Bonchev–Trinajstić information content (AvgIpc) is 3.23. The maximum Gasteiger partial charge on any atom is 0.258 e. The predicted octanol–water partition coefficient (Wildman–Crippen LogP) is 12.8. The van der Waals surface area contributed by atoms with Gasteiger partial charge in [0.25, 0.3) is 23.6 Å². The number of Topliss-reactive ketones (excluding diaryl/α,β-unsaturated/α-hetero) is 2. The van der Waals surface area contributed by atoms with Gasteiger partial charge in [-0.2, -0.15) is 20.5 Å². The van der Waals surface area contributed by atoms with Crippen LogP contribution in [0.15, 0.2) is 118 Å². The molecule has 20 heteroatoms. The number of hydrogen-bond donors (Lipinski definition) is 4. The third kappa shape index (κ3) is 12.7. The predicted molar refractivity (Wildman–Crippen MR) is 252 cm³/mol. The fraction of sp³-hybridized carbons (Fsp3) is 0.182. The second-order valence-corrected chi connectivity index (χ2v) is 16.8. The fourth-order valence-corrected chi connectivity index (χ4v) is 7.07. The van der Waals surface area contributed by atoms with Crippen molar-refractivity contribution in [2.24, 2.45) is 20.5 Å². The van der Waals surface area contributed by atoms with Crippen LogP contribution in [0.4, 0.5) is 34.1 Å². The molecule has 0 aromatic heterocycles. The molecule has 0 aliphatic heterocycles. The monoisotopic (exact) mass is 982 g/mol. The van der Waals surface area contributed by atoms with Gasteiger partial charge in [-0.3, -0.25) is 28.8 Å². The van der Waals surface area contributed by atoms with Crippen LogP contribution in [0.5, 0.6) is 0 Å². The Kier molecular flexibility index (Phi) is 17.1. The van der Waals surface area contributed by atoms with Crippen LogP contribution in [-0.2, 0) is 19.2 Å². The van der Waals surface area contributed by atoms with Gasteiger partial charge in [0.1, 0.15) is 11.4 Å². The van der Waals surface area contributed by atoms with E-state index in [2.05, 4.69) is 41.7 Å². The molecule has 0 fully saturated rings. The maximum atomic E-state index is 13.4. The number of alkyl halides is 2. The van der Waals surface area contributed by atoms with Crippen LogP contribution in [0, 0.1) is 0 Å². The van der Waals surface area contributed by atoms with Crippen LogP contribution in [-0.4, -0.2) is 47.3 Å². The number of amides is 4. The summed E-state index contributed by atoms with van der Waals surface area (Å²) in [4.78, 5) is 78.1. The first kappa shape index (κ1) is 49.3. The lowest BCUT2D eigenvalue weighted by Crippen LogP contribution is -2.32. The van der Waals surface area contributed by atoms with Crippen molar-refractivity contribution < 1.29 is 28.8 Å². The van der Waals surface area contributed by atoms with Gasteiger partial charge in [0.2, 0.25) is 12.1 Å². The molecular weight excluding hydrogens is 949 g/mol. The molecule has 5 aromatic carbocycles. The number of benzene rings is 5. The van der Waals surface area contributed by atoms with Crippen molar-refractivity contribution in [2.45, 2.75) is 50.5 Å². The minimum Gasteiger partial charge on any atom is -0.324 e. The third-order valence-corrected chi connectivity index (χ3v) is 10.9. The molecule has 0 aliphatic rings. The van der Waals surface area contributed by atoms with Gasteiger partial charge in [0, 0.05) is 17.1 Å². The van der Waals surface area contributed by atoms with Gasteiger partial charge in [-0.15, -0.1) is 23.2 Å². The first-order valence-electron chi connectivity index (χ1n) is 19.0. The summed E-state index contributed by atoms with van der Waals surface area (Å²) < 4.78 is 0. The molecule has 14 nitrogen and oxygen atoms in total. The Bertz CT molecular complexity index is 2690. The van der Waals surface area contributed by atoms with Crippen LogP contribution in [0.2, 0.25) is 20.1 Å². The topological polar surface area (TPSA) is 200 Å².